The van der Waals surface area contributed by atoms with Gasteiger partial charge in [0.1, 0.15) is 5.75 Å². The highest BCUT2D eigenvalue weighted by atomic mass is 35.5. The molecule has 29 heavy (non-hydrogen) atoms. The SMILES string of the molecule is CC(C)(C)c1ccc(C(NC(=O)N2CCNCC2)Oc2cccnc2)cc1.Cl.Cl. The summed E-state index contributed by atoms with van der Waals surface area (Å²) in [6.07, 6.45) is 2.76. The molecule has 2 heterocycles. The summed E-state index contributed by atoms with van der Waals surface area (Å²) in [5.41, 5.74) is 2.21. The van der Waals surface area contributed by atoms with Crippen molar-refractivity contribution in [1.29, 1.82) is 0 Å². The molecule has 1 fully saturated rings. The van der Waals surface area contributed by atoms with Gasteiger partial charge in [-0.15, -0.1) is 24.8 Å². The number of benzene rings is 1. The van der Waals surface area contributed by atoms with Crippen LogP contribution in [0.5, 0.6) is 5.75 Å². The minimum Gasteiger partial charge on any atom is -0.465 e. The number of nitrogens with zero attached hydrogens (tertiary/aromatic N) is 2. The Balaban J connectivity index is 0.00000210. The molecule has 160 valence electrons. The monoisotopic (exact) mass is 440 g/mol. The molecule has 8 heteroatoms. The van der Waals surface area contributed by atoms with Gasteiger partial charge in [-0.1, -0.05) is 45.0 Å². The van der Waals surface area contributed by atoms with Crippen LogP contribution in [-0.4, -0.2) is 42.1 Å². The lowest BCUT2D eigenvalue weighted by Crippen LogP contribution is -2.51. The van der Waals surface area contributed by atoms with Crippen LogP contribution in [0, 0.1) is 0 Å². The van der Waals surface area contributed by atoms with Crippen molar-refractivity contribution in [2.24, 2.45) is 0 Å². The molecule has 0 bridgehead atoms. The van der Waals surface area contributed by atoms with E-state index in [-0.39, 0.29) is 36.3 Å². The molecule has 3 rings (SSSR count). The van der Waals surface area contributed by atoms with Crippen LogP contribution in [0.3, 0.4) is 0 Å². The molecule has 1 saturated heterocycles. The molecule has 2 N–H and O–H groups in total. The number of hydrogen-bond donors (Lipinski definition) is 2. The van der Waals surface area contributed by atoms with E-state index in [1.807, 2.05) is 24.3 Å². The standard InChI is InChI=1S/C21H28N4O2.2ClH/c1-21(2,3)17-8-6-16(7-9-17)19(27-18-5-4-10-23-15-18)24-20(26)25-13-11-22-12-14-25;;/h4-10,15,19,22H,11-14H2,1-3H3,(H,24,26);2*1H. The summed E-state index contributed by atoms with van der Waals surface area (Å²) in [5.74, 6) is 0.614. The van der Waals surface area contributed by atoms with Crippen molar-refractivity contribution in [2.45, 2.75) is 32.4 Å². The topological polar surface area (TPSA) is 66.5 Å². The molecule has 2 aromatic rings. The summed E-state index contributed by atoms with van der Waals surface area (Å²) in [7, 11) is 0. The molecule has 1 aromatic carbocycles. The van der Waals surface area contributed by atoms with E-state index in [1.54, 1.807) is 17.3 Å². The molecular weight excluding hydrogens is 411 g/mol. The van der Waals surface area contributed by atoms with Crippen molar-refractivity contribution in [3.63, 3.8) is 0 Å². The quantitative estimate of drug-likeness (QED) is 0.706. The van der Waals surface area contributed by atoms with Crippen LogP contribution in [0.1, 0.15) is 38.1 Å². The first-order valence-corrected chi connectivity index (χ1v) is 9.37. The van der Waals surface area contributed by atoms with Crippen LogP contribution < -0.4 is 15.4 Å². The zero-order chi connectivity index (χ0) is 19.3. The molecule has 0 saturated carbocycles. The van der Waals surface area contributed by atoms with Gasteiger partial charge in [0.25, 0.3) is 0 Å². The number of carbonyl (C=O) groups is 1. The van der Waals surface area contributed by atoms with E-state index < -0.39 is 6.23 Å². The minimum absolute atomic E-state index is 0. The summed E-state index contributed by atoms with van der Waals surface area (Å²) in [6, 6.07) is 11.7. The Labute approximate surface area is 185 Å². The molecule has 1 aromatic heterocycles. The lowest BCUT2D eigenvalue weighted by atomic mass is 9.86. The fraction of sp³-hybridized carbons (Fsp3) is 0.429. The fourth-order valence-electron chi connectivity index (χ4n) is 2.96. The second-order valence-corrected chi connectivity index (χ2v) is 7.75. The van der Waals surface area contributed by atoms with E-state index in [2.05, 4.69) is 48.5 Å². The Morgan fingerprint density at radius 2 is 1.79 bits per heavy atom. The first-order chi connectivity index (χ1) is 12.9. The molecule has 0 aliphatic carbocycles. The van der Waals surface area contributed by atoms with E-state index in [9.17, 15) is 4.79 Å². The second kappa shape index (κ2) is 11.2. The third kappa shape index (κ3) is 7.07. The number of rotatable bonds is 4. The highest BCUT2D eigenvalue weighted by Crippen LogP contribution is 2.25. The maximum Gasteiger partial charge on any atom is 0.320 e. The number of piperazine rings is 1. The van der Waals surface area contributed by atoms with Crippen molar-refractivity contribution in [1.82, 2.24) is 20.5 Å². The van der Waals surface area contributed by atoms with Crippen LogP contribution in [-0.2, 0) is 5.41 Å². The van der Waals surface area contributed by atoms with E-state index in [4.69, 9.17) is 4.74 Å². The Morgan fingerprint density at radius 3 is 2.34 bits per heavy atom. The average molecular weight is 441 g/mol. The van der Waals surface area contributed by atoms with Gasteiger partial charge in [-0.05, 0) is 23.1 Å². The summed E-state index contributed by atoms with van der Waals surface area (Å²) in [5, 5.41) is 6.27. The van der Waals surface area contributed by atoms with Crippen molar-refractivity contribution in [3.8, 4) is 5.75 Å². The zero-order valence-electron chi connectivity index (χ0n) is 17.1. The van der Waals surface area contributed by atoms with Crippen molar-refractivity contribution in [2.75, 3.05) is 26.2 Å². The maximum atomic E-state index is 12.7. The van der Waals surface area contributed by atoms with Crippen LogP contribution in [0.25, 0.3) is 0 Å². The first kappa shape index (κ1) is 25.0. The summed E-state index contributed by atoms with van der Waals surface area (Å²) in [6.45, 7) is 9.53. The van der Waals surface area contributed by atoms with Gasteiger partial charge in [-0.2, -0.15) is 0 Å². The Bertz CT molecular complexity index is 746. The van der Waals surface area contributed by atoms with E-state index in [1.165, 1.54) is 5.56 Å². The Kier molecular flexibility index (Phi) is 9.70. The first-order valence-electron chi connectivity index (χ1n) is 9.37. The summed E-state index contributed by atoms with van der Waals surface area (Å²) in [4.78, 5) is 18.6. The largest absolute Gasteiger partial charge is 0.465 e. The van der Waals surface area contributed by atoms with E-state index in [0.29, 0.717) is 18.8 Å². The molecular formula is C21H30Cl2N4O2. The van der Waals surface area contributed by atoms with E-state index in [0.717, 1.165) is 18.7 Å². The van der Waals surface area contributed by atoms with Gasteiger partial charge in [0.05, 0.1) is 6.20 Å². The van der Waals surface area contributed by atoms with Gasteiger partial charge in [-0.25, -0.2) is 4.79 Å². The Morgan fingerprint density at radius 1 is 1.14 bits per heavy atom. The second-order valence-electron chi connectivity index (χ2n) is 7.75. The van der Waals surface area contributed by atoms with Gasteiger partial charge in [0.2, 0.25) is 0 Å². The van der Waals surface area contributed by atoms with Crippen LogP contribution in [0.2, 0.25) is 0 Å². The number of urea groups is 1. The Hall–Kier alpha value is -2.02. The molecule has 1 aliphatic heterocycles. The van der Waals surface area contributed by atoms with Crippen molar-refractivity contribution < 1.29 is 9.53 Å². The normalized spacial score (nSPS) is 14.8. The molecule has 1 atom stereocenters. The predicted octanol–water partition coefficient (Wildman–Crippen LogP) is 3.92. The van der Waals surface area contributed by atoms with Gasteiger partial charge in [0, 0.05) is 37.9 Å². The van der Waals surface area contributed by atoms with E-state index >= 15 is 0 Å². The molecule has 0 spiro atoms. The fourth-order valence-corrected chi connectivity index (χ4v) is 2.96. The van der Waals surface area contributed by atoms with Gasteiger partial charge < -0.3 is 15.0 Å². The van der Waals surface area contributed by atoms with Gasteiger partial charge >= 0.3 is 6.03 Å². The predicted molar refractivity (Wildman–Crippen MR) is 120 cm³/mol. The summed E-state index contributed by atoms with van der Waals surface area (Å²) < 4.78 is 6.05. The van der Waals surface area contributed by atoms with Gasteiger partial charge in [-0.3, -0.25) is 10.3 Å². The summed E-state index contributed by atoms with van der Waals surface area (Å²) >= 11 is 0. The van der Waals surface area contributed by atoms with Gasteiger partial charge in [0.15, 0.2) is 6.23 Å². The molecule has 0 radical (unpaired) electrons. The van der Waals surface area contributed by atoms with Crippen LogP contribution >= 0.6 is 24.8 Å². The van der Waals surface area contributed by atoms with Crippen LogP contribution in [0.15, 0.2) is 48.8 Å². The molecule has 1 unspecified atom stereocenters. The van der Waals surface area contributed by atoms with Crippen molar-refractivity contribution >= 4 is 30.8 Å². The lowest BCUT2D eigenvalue weighted by molar-refractivity contribution is 0.139. The number of pyridine rings is 1. The number of ether oxygens (including phenoxy) is 1. The highest BCUT2D eigenvalue weighted by Gasteiger charge is 2.23. The molecule has 1 aliphatic rings. The molecule has 6 nitrogen and oxygen atoms in total. The lowest BCUT2D eigenvalue weighted by Gasteiger charge is -2.30. The average Bonchev–Trinajstić information content (AvgIpc) is 2.68. The molecule has 2 amide bonds. The zero-order valence-corrected chi connectivity index (χ0v) is 18.7. The number of carbonyl (C=O) groups excluding carboxylic acids is 1. The maximum absolute atomic E-state index is 12.7. The number of hydrogen-bond acceptors (Lipinski definition) is 4. The number of nitrogens with one attached hydrogen (secondary N) is 2. The van der Waals surface area contributed by atoms with Crippen molar-refractivity contribution in [3.05, 3.63) is 59.9 Å². The third-order valence-corrected chi connectivity index (χ3v) is 4.63. The minimum atomic E-state index is -0.578. The third-order valence-electron chi connectivity index (χ3n) is 4.63. The van der Waals surface area contributed by atoms with Crippen LogP contribution in [0.4, 0.5) is 4.79 Å². The smallest absolute Gasteiger partial charge is 0.320 e. The number of halogens is 2. The highest BCUT2D eigenvalue weighted by molar-refractivity contribution is 5.85. The number of amides is 2. The number of aromatic nitrogens is 1.